The number of hydrogen-bond donors (Lipinski definition) is 1. The maximum atomic E-state index is 5.19. The zero-order valence-corrected chi connectivity index (χ0v) is 12.0. The summed E-state index contributed by atoms with van der Waals surface area (Å²) in [7, 11) is 0. The van der Waals surface area contributed by atoms with Gasteiger partial charge in [0.25, 0.3) is 0 Å². The van der Waals surface area contributed by atoms with E-state index >= 15 is 0 Å². The van der Waals surface area contributed by atoms with E-state index < -0.39 is 0 Å². The first kappa shape index (κ1) is 13.7. The molecule has 19 heavy (non-hydrogen) atoms. The topological polar surface area (TPSA) is 46.0 Å². The summed E-state index contributed by atoms with van der Waals surface area (Å²) in [4.78, 5) is 0. The van der Waals surface area contributed by atoms with E-state index in [9.17, 15) is 0 Å². The molecule has 0 fully saturated rings. The summed E-state index contributed by atoms with van der Waals surface area (Å²) in [5.74, 6) is 1.12. The molecule has 0 aliphatic heterocycles. The number of nitrogens with zero attached hydrogens (tertiary/aromatic N) is 3. The Morgan fingerprint density at radius 3 is 2.84 bits per heavy atom. The summed E-state index contributed by atoms with van der Waals surface area (Å²) in [6.07, 6.45) is 3.79. The van der Waals surface area contributed by atoms with Crippen LogP contribution >= 0.6 is 12.2 Å². The first-order valence-electron chi connectivity index (χ1n) is 6.48. The van der Waals surface area contributed by atoms with Crippen molar-refractivity contribution in [3.05, 3.63) is 46.5 Å². The standard InChI is InChI=1S/C14H18N4S/c1-3-7-13-16-17-14(19)18(13)15-10-11(2)12-8-5-4-6-9-12/h4-6,8-11H,3,7H2,1-2H3,(H,17,19)/b15-10-/t11-/m1/s1. The third-order valence-electron chi connectivity index (χ3n) is 2.92. The number of rotatable bonds is 5. The van der Waals surface area contributed by atoms with Gasteiger partial charge < -0.3 is 0 Å². The van der Waals surface area contributed by atoms with Gasteiger partial charge in [0.05, 0.1) is 0 Å². The minimum absolute atomic E-state index is 0.243. The van der Waals surface area contributed by atoms with Gasteiger partial charge in [-0.05, 0) is 24.2 Å². The number of H-pyrrole nitrogens is 1. The van der Waals surface area contributed by atoms with E-state index in [1.54, 1.807) is 4.68 Å². The molecule has 0 radical (unpaired) electrons. The second kappa shape index (κ2) is 6.43. The molecule has 2 aromatic rings. The van der Waals surface area contributed by atoms with Gasteiger partial charge in [-0.3, -0.25) is 5.10 Å². The molecular formula is C14H18N4S. The molecule has 1 heterocycles. The lowest BCUT2D eigenvalue weighted by molar-refractivity contribution is 0.735. The lowest BCUT2D eigenvalue weighted by Gasteiger charge is -2.05. The van der Waals surface area contributed by atoms with Crippen molar-refractivity contribution in [3.63, 3.8) is 0 Å². The van der Waals surface area contributed by atoms with Crippen LogP contribution in [-0.2, 0) is 6.42 Å². The molecule has 0 aliphatic rings. The summed E-state index contributed by atoms with van der Waals surface area (Å²) in [6, 6.07) is 10.3. The smallest absolute Gasteiger partial charge is 0.216 e. The lowest BCUT2D eigenvalue weighted by Crippen LogP contribution is -2.01. The van der Waals surface area contributed by atoms with Crippen molar-refractivity contribution in [2.45, 2.75) is 32.6 Å². The molecule has 2 rings (SSSR count). The quantitative estimate of drug-likeness (QED) is 0.669. The SMILES string of the molecule is CCCc1n[nH]c(=S)n1/N=C\[C@@H](C)c1ccccc1. The summed E-state index contributed by atoms with van der Waals surface area (Å²) < 4.78 is 2.25. The highest BCUT2D eigenvalue weighted by molar-refractivity contribution is 7.71. The molecule has 5 heteroatoms. The monoisotopic (exact) mass is 274 g/mol. The summed E-state index contributed by atoms with van der Waals surface area (Å²) in [6.45, 7) is 4.22. The van der Waals surface area contributed by atoms with Crippen LogP contribution in [0.25, 0.3) is 0 Å². The fraction of sp³-hybridized carbons (Fsp3) is 0.357. The zero-order valence-electron chi connectivity index (χ0n) is 11.2. The van der Waals surface area contributed by atoms with Crippen molar-refractivity contribution in [3.8, 4) is 0 Å². The first-order valence-corrected chi connectivity index (χ1v) is 6.89. The Kier molecular flexibility index (Phi) is 4.63. The van der Waals surface area contributed by atoms with Crippen molar-refractivity contribution in [2.75, 3.05) is 0 Å². The average Bonchev–Trinajstić information content (AvgIpc) is 2.78. The molecular weight excluding hydrogens is 256 g/mol. The van der Waals surface area contributed by atoms with Gasteiger partial charge in [-0.15, -0.1) is 0 Å². The molecule has 100 valence electrons. The van der Waals surface area contributed by atoms with Crippen LogP contribution in [-0.4, -0.2) is 21.1 Å². The molecule has 0 spiro atoms. The van der Waals surface area contributed by atoms with Gasteiger partial charge in [0.15, 0.2) is 5.82 Å². The minimum atomic E-state index is 0.243. The molecule has 1 N–H and O–H groups in total. The van der Waals surface area contributed by atoms with Crippen LogP contribution in [0.4, 0.5) is 0 Å². The molecule has 1 atom stereocenters. The lowest BCUT2D eigenvalue weighted by atomic mass is 10.0. The highest BCUT2D eigenvalue weighted by Crippen LogP contribution is 2.12. The van der Waals surface area contributed by atoms with Gasteiger partial charge in [0, 0.05) is 18.6 Å². The van der Waals surface area contributed by atoms with E-state index in [-0.39, 0.29) is 5.92 Å². The Morgan fingerprint density at radius 1 is 1.42 bits per heavy atom. The van der Waals surface area contributed by atoms with Crippen molar-refractivity contribution in [2.24, 2.45) is 5.10 Å². The minimum Gasteiger partial charge on any atom is -0.250 e. The molecule has 0 saturated heterocycles. The van der Waals surface area contributed by atoms with E-state index in [2.05, 4.69) is 41.3 Å². The number of benzene rings is 1. The second-order valence-electron chi connectivity index (χ2n) is 4.47. The molecule has 1 aromatic heterocycles. The summed E-state index contributed by atoms with van der Waals surface area (Å²) in [5.41, 5.74) is 1.23. The van der Waals surface area contributed by atoms with E-state index in [0.717, 1.165) is 18.7 Å². The van der Waals surface area contributed by atoms with E-state index in [1.165, 1.54) is 5.56 Å². The number of aromatic amines is 1. The van der Waals surface area contributed by atoms with Gasteiger partial charge in [0.1, 0.15) is 0 Å². The van der Waals surface area contributed by atoms with Crippen LogP contribution in [0.3, 0.4) is 0 Å². The molecule has 4 nitrogen and oxygen atoms in total. The van der Waals surface area contributed by atoms with Gasteiger partial charge in [-0.1, -0.05) is 44.2 Å². The number of hydrogen-bond acceptors (Lipinski definition) is 3. The zero-order chi connectivity index (χ0) is 13.7. The number of nitrogens with one attached hydrogen (secondary N) is 1. The molecule has 0 bridgehead atoms. The Morgan fingerprint density at radius 2 is 2.16 bits per heavy atom. The largest absolute Gasteiger partial charge is 0.250 e. The van der Waals surface area contributed by atoms with Crippen LogP contribution in [0, 0.1) is 4.77 Å². The fourth-order valence-corrected chi connectivity index (χ4v) is 2.04. The summed E-state index contributed by atoms with van der Waals surface area (Å²) in [5, 5.41) is 11.4. The maximum absolute atomic E-state index is 5.19. The van der Waals surface area contributed by atoms with Crippen LogP contribution in [0.15, 0.2) is 35.4 Å². The Bertz CT molecular complexity index is 597. The molecule has 0 aliphatic carbocycles. The molecule has 1 aromatic carbocycles. The highest BCUT2D eigenvalue weighted by Gasteiger charge is 2.05. The third kappa shape index (κ3) is 3.38. The number of aromatic nitrogens is 3. The average molecular weight is 274 g/mol. The van der Waals surface area contributed by atoms with Crippen molar-refractivity contribution in [1.82, 2.24) is 14.9 Å². The van der Waals surface area contributed by atoms with Gasteiger partial charge in [-0.2, -0.15) is 14.9 Å². The molecule has 0 amide bonds. The van der Waals surface area contributed by atoms with E-state index in [1.807, 2.05) is 24.4 Å². The van der Waals surface area contributed by atoms with Crippen LogP contribution in [0.1, 0.15) is 37.6 Å². The van der Waals surface area contributed by atoms with E-state index in [0.29, 0.717) is 4.77 Å². The Balaban J connectivity index is 2.19. The Labute approximate surface area is 118 Å². The highest BCUT2D eigenvalue weighted by atomic mass is 32.1. The van der Waals surface area contributed by atoms with E-state index in [4.69, 9.17) is 12.2 Å². The predicted molar refractivity (Wildman–Crippen MR) is 80.2 cm³/mol. The first-order chi connectivity index (χ1) is 9.22. The molecule has 0 saturated carbocycles. The number of aryl methyl sites for hydroxylation is 1. The van der Waals surface area contributed by atoms with Crippen LogP contribution in [0.5, 0.6) is 0 Å². The Hall–Kier alpha value is -1.75. The predicted octanol–water partition coefficient (Wildman–Crippen LogP) is 3.53. The third-order valence-corrected chi connectivity index (χ3v) is 3.19. The normalized spacial score (nSPS) is 12.9. The second-order valence-corrected chi connectivity index (χ2v) is 4.86. The summed E-state index contributed by atoms with van der Waals surface area (Å²) >= 11 is 5.19. The van der Waals surface area contributed by atoms with Gasteiger partial charge in [0.2, 0.25) is 4.77 Å². The van der Waals surface area contributed by atoms with Crippen LogP contribution < -0.4 is 0 Å². The molecule has 0 unspecified atom stereocenters. The maximum Gasteiger partial charge on any atom is 0.216 e. The van der Waals surface area contributed by atoms with Gasteiger partial charge in [-0.25, -0.2) is 0 Å². The fourth-order valence-electron chi connectivity index (χ4n) is 1.84. The van der Waals surface area contributed by atoms with Gasteiger partial charge >= 0.3 is 0 Å². The van der Waals surface area contributed by atoms with Crippen molar-refractivity contribution in [1.29, 1.82) is 0 Å². The van der Waals surface area contributed by atoms with Crippen molar-refractivity contribution >= 4 is 18.4 Å². The van der Waals surface area contributed by atoms with Crippen LogP contribution in [0.2, 0.25) is 0 Å². The van der Waals surface area contributed by atoms with Crippen molar-refractivity contribution < 1.29 is 0 Å².